The van der Waals surface area contributed by atoms with Crippen molar-refractivity contribution >= 4 is 41.4 Å². The number of amides is 3. The van der Waals surface area contributed by atoms with E-state index in [0.29, 0.717) is 11.4 Å². The summed E-state index contributed by atoms with van der Waals surface area (Å²) < 4.78 is 0. The van der Waals surface area contributed by atoms with Gasteiger partial charge in [-0.2, -0.15) is 11.8 Å². The molecule has 3 atom stereocenters. The SMILES string of the molecule is CSCCC(NC(=O)CNC(=O)C(N)Cc1cnc[nH]1)C(=O)NC(CC(=O)O)C(=O)O. The first-order chi connectivity index (χ1) is 14.6. The van der Waals surface area contributed by atoms with Gasteiger partial charge in [0, 0.05) is 18.3 Å². The molecule has 14 heteroatoms. The fraction of sp³-hybridized carbons (Fsp3) is 0.529. The lowest BCUT2D eigenvalue weighted by Crippen LogP contribution is -2.54. The van der Waals surface area contributed by atoms with E-state index in [1.807, 2.05) is 0 Å². The molecule has 172 valence electrons. The number of hydrogen-bond donors (Lipinski definition) is 7. The monoisotopic (exact) mass is 458 g/mol. The van der Waals surface area contributed by atoms with Crippen molar-refractivity contribution in [2.24, 2.45) is 5.73 Å². The molecule has 0 radical (unpaired) electrons. The lowest BCUT2D eigenvalue weighted by molar-refractivity contribution is -0.147. The van der Waals surface area contributed by atoms with Gasteiger partial charge in [0.15, 0.2) is 0 Å². The summed E-state index contributed by atoms with van der Waals surface area (Å²) in [6.07, 6.45) is 4.29. The first kappa shape index (κ1) is 25.9. The largest absolute Gasteiger partial charge is 0.481 e. The molecule has 0 spiro atoms. The molecule has 0 aliphatic carbocycles. The Kier molecular flexibility index (Phi) is 11.1. The average Bonchev–Trinajstić information content (AvgIpc) is 3.21. The number of aromatic nitrogens is 2. The summed E-state index contributed by atoms with van der Waals surface area (Å²) in [7, 11) is 0. The van der Waals surface area contributed by atoms with Crippen LogP contribution in [-0.2, 0) is 30.4 Å². The van der Waals surface area contributed by atoms with Crippen molar-refractivity contribution in [2.45, 2.75) is 37.4 Å². The maximum Gasteiger partial charge on any atom is 0.326 e. The van der Waals surface area contributed by atoms with Crippen LogP contribution in [0, 0.1) is 0 Å². The van der Waals surface area contributed by atoms with E-state index in [1.54, 1.807) is 6.26 Å². The summed E-state index contributed by atoms with van der Waals surface area (Å²) in [4.78, 5) is 65.2. The first-order valence-corrected chi connectivity index (χ1v) is 10.6. The van der Waals surface area contributed by atoms with Gasteiger partial charge in [-0.05, 0) is 18.4 Å². The van der Waals surface area contributed by atoms with Crippen LogP contribution in [0.4, 0.5) is 0 Å². The number of carboxylic acids is 2. The molecular formula is C17H26N6O7S. The van der Waals surface area contributed by atoms with Crippen LogP contribution in [0.2, 0.25) is 0 Å². The van der Waals surface area contributed by atoms with Crippen LogP contribution in [0.5, 0.6) is 0 Å². The van der Waals surface area contributed by atoms with Crippen molar-refractivity contribution in [1.82, 2.24) is 25.9 Å². The first-order valence-electron chi connectivity index (χ1n) is 9.17. The zero-order chi connectivity index (χ0) is 23.4. The summed E-state index contributed by atoms with van der Waals surface area (Å²) >= 11 is 1.40. The number of hydrogen-bond acceptors (Lipinski definition) is 8. The van der Waals surface area contributed by atoms with Crippen LogP contribution in [0.25, 0.3) is 0 Å². The smallest absolute Gasteiger partial charge is 0.326 e. The van der Waals surface area contributed by atoms with Crippen LogP contribution >= 0.6 is 11.8 Å². The third-order valence-electron chi connectivity index (χ3n) is 4.01. The number of thioether (sulfide) groups is 1. The van der Waals surface area contributed by atoms with Crippen LogP contribution < -0.4 is 21.7 Å². The van der Waals surface area contributed by atoms with E-state index >= 15 is 0 Å². The molecule has 1 aromatic heterocycles. The lowest BCUT2D eigenvalue weighted by Gasteiger charge is -2.21. The third kappa shape index (κ3) is 9.95. The molecule has 1 aromatic rings. The van der Waals surface area contributed by atoms with Gasteiger partial charge >= 0.3 is 11.9 Å². The highest BCUT2D eigenvalue weighted by molar-refractivity contribution is 7.98. The van der Waals surface area contributed by atoms with Gasteiger partial charge in [-0.3, -0.25) is 19.2 Å². The van der Waals surface area contributed by atoms with E-state index in [-0.39, 0.29) is 12.8 Å². The number of imidazole rings is 1. The van der Waals surface area contributed by atoms with E-state index in [2.05, 4.69) is 25.9 Å². The number of aliphatic carboxylic acids is 2. The average molecular weight is 458 g/mol. The van der Waals surface area contributed by atoms with Gasteiger partial charge in [0.25, 0.3) is 0 Å². The molecule has 0 fully saturated rings. The van der Waals surface area contributed by atoms with Crippen molar-refractivity contribution in [1.29, 1.82) is 0 Å². The Balaban J connectivity index is 2.61. The maximum atomic E-state index is 12.4. The number of carbonyl (C=O) groups excluding carboxylic acids is 3. The molecule has 1 rings (SSSR count). The topological polar surface area (TPSA) is 217 Å². The third-order valence-corrected chi connectivity index (χ3v) is 4.65. The molecule has 1 heterocycles. The molecule has 13 nitrogen and oxygen atoms in total. The van der Waals surface area contributed by atoms with E-state index in [4.69, 9.17) is 15.9 Å². The molecule has 3 amide bonds. The molecule has 0 saturated heterocycles. The molecule has 31 heavy (non-hydrogen) atoms. The number of nitrogens with two attached hydrogens (primary N) is 1. The Morgan fingerprint density at radius 2 is 1.87 bits per heavy atom. The summed E-state index contributed by atoms with van der Waals surface area (Å²) in [6, 6.07) is -3.67. The Hall–Kier alpha value is -3.13. The van der Waals surface area contributed by atoms with Gasteiger partial charge in [0.05, 0.1) is 25.3 Å². The molecule has 0 bridgehead atoms. The Morgan fingerprint density at radius 1 is 1.16 bits per heavy atom. The molecule has 0 aromatic carbocycles. The van der Waals surface area contributed by atoms with Gasteiger partial charge in [-0.25, -0.2) is 9.78 Å². The number of carboxylic acid groups (broad SMARTS) is 2. The summed E-state index contributed by atoms with van der Waals surface area (Å²) in [5.74, 6) is -4.54. The number of H-pyrrole nitrogens is 1. The number of carbonyl (C=O) groups is 5. The van der Waals surface area contributed by atoms with E-state index < -0.39 is 60.8 Å². The fourth-order valence-electron chi connectivity index (χ4n) is 2.42. The zero-order valence-corrected chi connectivity index (χ0v) is 17.6. The number of rotatable bonds is 14. The highest BCUT2D eigenvalue weighted by Crippen LogP contribution is 2.03. The molecule has 0 aliphatic heterocycles. The van der Waals surface area contributed by atoms with Crippen molar-refractivity contribution < 1.29 is 34.2 Å². The molecule has 0 saturated carbocycles. The normalized spacial score (nSPS) is 13.5. The van der Waals surface area contributed by atoms with Crippen LogP contribution in [0.1, 0.15) is 18.5 Å². The van der Waals surface area contributed by atoms with Crippen molar-refractivity contribution in [2.75, 3.05) is 18.6 Å². The van der Waals surface area contributed by atoms with Gasteiger partial charge in [0.1, 0.15) is 12.1 Å². The van der Waals surface area contributed by atoms with E-state index in [9.17, 15) is 24.0 Å². The zero-order valence-electron chi connectivity index (χ0n) is 16.8. The number of aromatic amines is 1. The van der Waals surface area contributed by atoms with Gasteiger partial charge < -0.3 is 36.9 Å². The van der Waals surface area contributed by atoms with E-state index in [0.717, 1.165) is 0 Å². The quantitative estimate of drug-likeness (QED) is 0.158. The molecule has 8 N–H and O–H groups in total. The highest BCUT2D eigenvalue weighted by atomic mass is 32.2. The maximum absolute atomic E-state index is 12.4. The van der Waals surface area contributed by atoms with Crippen LogP contribution in [0.15, 0.2) is 12.5 Å². The van der Waals surface area contributed by atoms with E-state index in [1.165, 1.54) is 24.3 Å². The second-order valence-corrected chi connectivity index (χ2v) is 7.49. The van der Waals surface area contributed by atoms with Gasteiger partial charge in [-0.1, -0.05) is 0 Å². The summed E-state index contributed by atoms with van der Waals surface area (Å²) in [5.41, 5.74) is 6.42. The van der Waals surface area contributed by atoms with Crippen molar-refractivity contribution in [3.63, 3.8) is 0 Å². The van der Waals surface area contributed by atoms with Gasteiger partial charge in [0.2, 0.25) is 17.7 Å². The highest BCUT2D eigenvalue weighted by Gasteiger charge is 2.28. The number of nitrogens with one attached hydrogen (secondary N) is 4. The Labute approximate surface area is 181 Å². The minimum Gasteiger partial charge on any atom is -0.481 e. The number of nitrogens with zero attached hydrogens (tertiary/aromatic N) is 1. The van der Waals surface area contributed by atoms with Crippen molar-refractivity contribution in [3.05, 3.63) is 18.2 Å². The minimum atomic E-state index is -1.64. The van der Waals surface area contributed by atoms with Crippen LogP contribution in [-0.4, -0.2) is 86.5 Å². The molecule has 0 aliphatic rings. The second-order valence-electron chi connectivity index (χ2n) is 6.50. The predicted molar refractivity (Wildman–Crippen MR) is 110 cm³/mol. The predicted octanol–water partition coefficient (Wildman–Crippen LogP) is -2.32. The standard InChI is InChI=1S/C17H26N6O7S/c1-31-3-2-11(16(28)23-12(17(29)30)5-14(25)26)22-13(24)7-20-15(27)10(18)4-9-6-19-8-21-9/h6,8,10-12H,2-5,7,18H2,1H3,(H,19,21)(H,20,27)(H,22,24)(H,23,28)(H,25,26)(H,29,30). The Bertz CT molecular complexity index is 773. The minimum absolute atomic E-state index is 0.172. The lowest BCUT2D eigenvalue weighted by atomic mass is 10.1. The second kappa shape index (κ2) is 13.2. The summed E-state index contributed by atoms with van der Waals surface area (Å²) in [5, 5.41) is 24.7. The fourth-order valence-corrected chi connectivity index (χ4v) is 2.89. The molecular weight excluding hydrogens is 432 g/mol. The van der Waals surface area contributed by atoms with Crippen LogP contribution in [0.3, 0.4) is 0 Å². The molecule has 3 unspecified atom stereocenters. The van der Waals surface area contributed by atoms with Gasteiger partial charge in [-0.15, -0.1) is 0 Å². The Morgan fingerprint density at radius 3 is 2.42 bits per heavy atom. The summed E-state index contributed by atoms with van der Waals surface area (Å²) in [6.45, 7) is -0.448. The van der Waals surface area contributed by atoms with Crippen molar-refractivity contribution in [3.8, 4) is 0 Å².